The predicted molar refractivity (Wildman–Crippen MR) is 80.8 cm³/mol. The summed E-state index contributed by atoms with van der Waals surface area (Å²) in [6.45, 7) is 5.16. The fraction of sp³-hybridized carbons (Fsp3) is 0.600. The molecule has 19 heavy (non-hydrogen) atoms. The fourth-order valence-electron chi connectivity index (χ4n) is 3.42. The van der Waals surface area contributed by atoms with E-state index < -0.39 is 0 Å². The van der Waals surface area contributed by atoms with E-state index in [1.165, 1.54) is 38.0 Å². The number of halogens is 1. The van der Waals surface area contributed by atoms with Crippen LogP contribution in [0.5, 0.6) is 0 Å². The smallest absolute Gasteiger partial charge is 0.0471 e. The van der Waals surface area contributed by atoms with E-state index in [2.05, 4.69) is 15.9 Å². The van der Waals surface area contributed by atoms with Crippen molar-refractivity contribution in [1.82, 2.24) is 4.90 Å². The minimum absolute atomic E-state index is 0.514. The molecule has 0 spiro atoms. The van der Waals surface area contributed by atoms with E-state index in [0.29, 0.717) is 12.6 Å². The Hall–Kier alpha value is -0.770. The Balaban J connectivity index is 1.81. The van der Waals surface area contributed by atoms with Gasteiger partial charge in [-0.25, -0.2) is 0 Å². The predicted octanol–water partition coefficient (Wildman–Crippen LogP) is 2.47. The third-order valence-corrected chi connectivity index (χ3v) is 4.83. The number of anilines is 1. The number of benzene rings is 1. The van der Waals surface area contributed by atoms with E-state index in [-0.39, 0.29) is 0 Å². The third kappa shape index (κ3) is 2.60. The molecule has 104 valence electrons. The first-order valence-electron chi connectivity index (χ1n) is 7.26. The lowest BCUT2D eigenvalue weighted by atomic mass is 9.98. The quantitative estimate of drug-likeness (QED) is 0.903. The highest BCUT2D eigenvalue weighted by Crippen LogP contribution is 2.30. The van der Waals surface area contributed by atoms with Crippen molar-refractivity contribution >= 4 is 17.3 Å². The topological polar surface area (TPSA) is 32.5 Å². The molecule has 0 amide bonds. The molecule has 2 heterocycles. The van der Waals surface area contributed by atoms with Crippen molar-refractivity contribution in [3.63, 3.8) is 0 Å². The van der Waals surface area contributed by atoms with E-state index in [1.807, 2.05) is 12.1 Å². The average Bonchev–Trinajstić information content (AvgIpc) is 2.46. The molecule has 0 radical (unpaired) electrons. The van der Waals surface area contributed by atoms with Gasteiger partial charge in [-0.15, -0.1) is 0 Å². The third-order valence-electron chi connectivity index (χ3n) is 4.48. The Morgan fingerprint density at radius 3 is 2.95 bits per heavy atom. The number of rotatable bonds is 2. The number of hydrogen-bond donors (Lipinski definition) is 1. The lowest BCUT2D eigenvalue weighted by Crippen LogP contribution is -2.55. The van der Waals surface area contributed by atoms with Crippen molar-refractivity contribution in [2.45, 2.75) is 31.8 Å². The van der Waals surface area contributed by atoms with Gasteiger partial charge in [0.05, 0.1) is 0 Å². The van der Waals surface area contributed by atoms with Gasteiger partial charge in [0, 0.05) is 48.5 Å². The van der Waals surface area contributed by atoms with Crippen molar-refractivity contribution < 1.29 is 0 Å². The van der Waals surface area contributed by atoms with Gasteiger partial charge in [0.1, 0.15) is 0 Å². The monoisotopic (exact) mass is 279 g/mol. The molecule has 2 aliphatic rings. The van der Waals surface area contributed by atoms with Crippen LogP contribution in [0.4, 0.5) is 5.69 Å². The van der Waals surface area contributed by atoms with Gasteiger partial charge in [0.25, 0.3) is 0 Å². The number of hydrogen-bond acceptors (Lipinski definition) is 3. The van der Waals surface area contributed by atoms with Crippen LogP contribution >= 0.6 is 11.6 Å². The van der Waals surface area contributed by atoms with E-state index >= 15 is 0 Å². The summed E-state index contributed by atoms with van der Waals surface area (Å²) in [4.78, 5) is 5.12. The first-order valence-corrected chi connectivity index (χ1v) is 7.64. The van der Waals surface area contributed by atoms with E-state index in [4.69, 9.17) is 17.3 Å². The standard InChI is InChI=1S/C15H22ClN3/c16-14-5-3-6-15(13(14)10-17)19-9-8-18-7-2-1-4-12(18)11-19/h3,5-6,12H,1-2,4,7-11,17H2. The van der Waals surface area contributed by atoms with Gasteiger partial charge in [0.2, 0.25) is 0 Å². The zero-order chi connectivity index (χ0) is 13.2. The Kier molecular flexibility index (Phi) is 3.96. The summed E-state index contributed by atoms with van der Waals surface area (Å²) < 4.78 is 0. The lowest BCUT2D eigenvalue weighted by molar-refractivity contribution is 0.133. The number of fused-ring (bicyclic) bond motifs is 1. The SMILES string of the molecule is NCc1c(Cl)cccc1N1CCN2CCCCC2C1. The van der Waals surface area contributed by atoms with Crippen LogP contribution in [0.1, 0.15) is 24.8 Å². The fourth-order valence-corrected chi connectivity index (χ4v) is 3.67. The van der Waals surface area contributed by atoms with Crippen LogP contribution in [-0.4, -0.2) is 37.1 Å². The van der Waals surface area contributed by atoms with Gasteiger partial charge in [-0.05, 0) is 31.5 Å². The summed E-state index contributed by atoms with van der Waals surface area (Å²) in [5.41, 5.74) is 8.20. The van der Waals surface area contributed by atoms with Crippen molar-refractivity contribution in [3.8, 4) is 0 Å². The molecule has 1 unspecified atom stereocenters. The Morgan fingerprint density at radius 2 is 2.11 bits per heavy atom. The molecule has 2 fully saturated rings. The maximum atomic E-state index is 6.27. The average molecular weight is 280 g/mol. The van der Waals surface area contributed by atoms with Crippen LogP contribution in [0.25, 0.3) is 0 Å². The number of nitrogens with two attached hydrogens (primary N) is 1. The molecule has 2 N–H and O–H groups in total. The zero-order valence-corrected chi connectivity index (χ0v) is 12.1. The minimum Gasteiger partial charge on any atom is -0.368 e. The molecule has 0 aliphatic carbocycles. The van der Waals surface area contributed by atoms with E-state index in [1.54, 1.807) is 0 Å². The van der Waals surface area contributed by atoms with E-state index in [0.717, 1.165) is 23.7 Å². The molecule has 0 bridgehead atoms. The molecule has 1 aromatic rings. The van der Waals surface area contributed by atoms with Gasteiger partial charge < -0.3 is 10.6 Å². The molecule has 2 aliphatic heterocycles. The maximum Gasteiger partial charge on any atom is 0.0471 e. The van der Waals surface area contributed by atoms with Gasteiger partial charge in [-0.1, -0.05) is 24.1 Å². The highest BCUT2D eigenvalue weighted by molar-refractivity contribution is 6.31. The Labute approximate surface area is 120 Å². The molecule has 0 saturated carbocycles. The summed E-state index contributed by atoms with van der Waals surface area (Å²) in [7, 11) is 0. The molecular weight excluding hydrogens is 258 g/mol. The molecule has 4 heteroatoms. The Bertz CT molecular complexity index is 449. The van der Waals surface area contributed by atoms with Crippen molar-refractivity contribution in [3.05, 3.63) is 28.8 Å². The van der Waals surface area contributed by atoms with Gasteiger partial charge in [0.15, 0.2) is 0 Å². The summed E-state index contributed by atoms with van der Waals surface area (Å²) in [6, 6.07) is 6.84. The molecule has 1 atom stereocenters. The number of nitrogens with zero attached hydrogens (tertiary/aromatic N) is 2. The largest absolute Gasteiger partial charge is 0.368 e. The highest BCUT2D eigenvalue weighted by atomic mass is 35.5. The minimum atomic E-state index is 0.514. The summed E-state index contributed by atoms with van der Waals surface area (Å²) in [5.74, 6) is 0. The number of piperidine rings is 1. The zero-order valence-electron chi connectivity index (χ0n) is 11.3. The molecule has 0 aromatic heterocycles. The second-order valence-corrected chi connectivity index (χ2v) is 5.98. The second kappa shape index (κ2) is 5.70. The van der Waals surface area contributed by atoms with Crippen LogP contribution < -0.4 is 10.6 Å². The molecular formula is C15H22ClN3. The van der Waals surface area contributed by atoms with Crippen LogP contribution in [0.15, 0.2) is 18.2 Å². The van der Waals surface area contributed by atoms with Crippen LogP contribution in [0, 0.1) is 0 Å². The van der Waals surface area contributed by atoms with Crippen LogP contribution in [-0.2, 0) is 6.54 Å². The molecule has 3 rings (SSSR count). The molecule has 2 saturated heterocycles. The summed E-state index contributed by atoms with van der Waals surface area (Å²) in [5, 5.41) is 0.797. The Morgan fingerprint density at radius 1 is 1.21 bits per heavy atom. The van der Waals surface area contributed by atoms with Crippen LogP contribution in [0.3, 0.4) is 0 Å². The lowest BCUT2D eigenvalue weighted by Gasteiger charge is -2.45. The molecule has 1 aromatic carbocycles. The first kappa shape index (κ1) is 13.2. The summed E-state index contributed by atoms with van der Waals surface area (Å²) in [6.07, 6.45) is 4.06. The van der Waals surface area contributed by atoms with Gasteiger partial charge in [-0.2, -0.15) is 0 Å². The highest BCUT2D eigenvalue weighted by Gasteiger charge is 2.29. The first-order chi connectivity index (χ1) is 9.29. The number of piperazine rings is 1. The van der Waals surface area contributed by atoms with Gasteiger partial charge in [-0.3, -0.25) is 4.90 Å². The van der Waals surface area contributed by atoms with E-state index in [9.17, 15) is 0 Å². The van der Waals surface area contributed by atoms with Crippen LogP contribution in [0.2, 0.25) is 5.02 Å². The second-order valence-electron chi connectivity index (χ2n) is 5.57. The molecule has 3 nitrogen and oxygen atoms in total. The normalized spacial score (nSPS) is 24.3. The van der Waals surface area contributed by atoms with Gasteiger partial charge >= 0.3 is 0 Å². The van der Waals surface area contributed by atoms with Crippen molar-refractivity contribution in [2.24, 2.45) is 5.73 Å². The van der Waals surface area contributed by atoms with Crippen molar-refractivity contribution in [1.29, 1.82) is 0 Å². The maximum absolute atomic E-state index is 6.27. The summed E-state index contributed by atoms with van der Waals surface area (Å²) >= 11 is 6.27. The van der Waals surface area contributed by atoms with Crippen molar-refractivity contribution in [2.75, 3.05) is 31.1 Å².